The van der Waals surface area contributed by atoms with Crippen molar-refractivity contribution in [2.24, 2.45) is 12.5 Å². The molecule has 2 amide bonds. The number of carbonyl (C=O) groups is 2. The van der Waals surface area contributed by atoms with Crippen LogP contribution in [0.1, 0.15) is 30.5 Å². The lowest BCUT2D eigenvalue weighted by atomic mass is 9.85. The van der Waals surface area contributed by atoms with Crippen molar-refractivity contribution in [3.8, 4) is 22.7 Å². The third kappa shape index (κ3) is 5.31. The highest BCUT2D eigenvalue weighted by molar-refractivity contribution is 6.03. The van der Waals surface area contributed by atoms with Gasteiger partial charge in [0.25, 0.3) is 0 Å². The largest absolute Gasteiger partial charge is 0.437 e. The predicted molar refractivity (Wildman–Crippen MR) is 181 cm³/mol. The molecule has 3 aliphatic rings. The molecule has 0 bridgehead atoms. The maximum absolute atomic E-state index is 14.0. The van der Waals surface area contributed by atoms with Crippen LogP contribution in [-0.2, 0) is 16.6 Å². The minimum atomic E-state index is -0.496. The van der Waals surface area contributed by atoms with Crippen molar-refractivity contribution >= 4 is 34.0 Å². The number of hydrogen-bond acceptors (Lipinski definition) is 8. The Bertz CT molecular complexity index is 2130. The second-order valence-corrected chi connectivity index (χ2v) is 13.1. The van der Waals surface area contributed by atoms with E-state index < -0.39 is 11.2 Å². The van der Waals surface area contributed by atoms with Crippen molar-refractivity contribution in [3.05, 3.63) is 88.7 Å². The normalized spacial score (nSPS) is 20.0. The third-order valence-electron chi connectivity index (χ3n) is 10.1. The molecule has 0 aliphatic carbocycles. The SMILES string of the molecule is Cc1ccc(-c2n[nH]c3ccc(N4CC[C@]5(CCN(CC(=O)N6CC=C(c7ccc(-c8nn(C)c(=O)o8)cc7)CC6)C5)C4=O)cc23)cn1. The molecule has 6 heterocycles. The number of aromatic amines is 1. The number of aromatic nitrogens is 5. The van der Waals surface area contributed by atoms with Gasteiger partial charge in [-0.1, -0.05) is 18.2 Å². The lowest BCUT2D eigenvalue weighted by Gasteiger charge is -2.29. The van der Waals surface area contributed by atoms with Crippen molar-refractivity contribution < 1.29 is 14.0 Å². The minimum Gasteiger partial charge on any atom is -0.388 e. The molecule has 2 fully saturated rings. The average molecular weight is 645 g/mol. The molecular formula is C36H36N8O4. The summed E-state index contributed by atoms with van der Waals surface area (Å²) in [7, 11) is 1.55. The molecule has 244 valence electrons. The van der Waals surface area contributed by atoms with Crippen molar-refractivity contribution in [2.75, 3.05) is 44.2 Å². The highest BCUT2D eigenvalue weighted by Gasteiger charge is 2.51. The molecule has 3 aliphatic heterocycles. The summed E-state index contributed by atoms with van der Waals surface area (Å²) in [5.41, 5.74) is 7.01. The Kier molecular flexibility index (Phi) is 7.32. The number of benzene rings is 2. The summed E-state index contributed by atoms with van der Waals surface area (Å²) < 4.78 is 6.35. The maximum Gasteiger partial charge on any atom is 0.437 e. The van der Waals surface area contributed by atoms with E-state index in [0.29, 0.717) is 38.6 Å². The number of pyridine rings is 1. The van der Waals surface area contributed by atoms with Gasteiger partial charge < -0.3 is 14.2 Å². The molecule has 12 heteroatoms. The number of nitrogens with one attached hydrogen (secondary N) is 1. The van der Waals surface area contributed by atoms with Gasteiger partial charge in [-0.15, -0.1) is 5.10 Å². The Morgan fingerprint density at radius 2 is 1.77 bits per heavy atom. The first-order valence-electron chi connectivity index (χ1n) is 16.3. The Morgan fingerprint density at radius 1 is 0.979 bits per heavy atom. The summed E-state index contributed by atoms with van der Waals surface area (Å²) in [4.78, 5) is 49.3. The van der Waals surface area contributed by atoms with Gasteiger partial charge in [0, 0.05) is 67.3 Å². The molecule has 0 saturated carbocycles. The second-order valence-electron chi connectivity index (χ2n) is 13.1. The van der Waals surface area contributed by atoms with Gasteiger partial charge in [0.05, 0.1) is 17.5 Å². The summed E-state index contributed by atoms with van der Waals surface area (Å²) in [5.74, 6) is 0.0269. The highest BCUT2D eigenvalue weighted by Crippen LogP contribution is 2.43. The number of rotatable bonds is 6. The summed E-state index contributed by atoms with van der Waals surface area (Å²) in [6.07, 6.45) is 6.22. The van der Waals surface area contributed by atoms with Crippen LogP contribution in [0.5, 0.6) is 0 Å². The average Bonchev–Trinajstić information content (AvgIpc) is 3.88. The molecule has 2 saturated heterocycles. The topological polar surface area (TPSA) is 133 Å². The number of H-pyrrole nitrogens is 1. The van der Waals surface area contributed by atoms with Crippen molar-refractivity contribution in [3.63, 3.8) is 0 Å². The van der Waals surface area contributed by atoms with Gasteiger partial charge in [-0.2, -0.15) is 9.78 Å². The lowest BCUT2D eigenvalue weighted by molar-refractivity contribution is -0.132. The highest BCUT2D eigenvalue weighted by atomic mass is 16.4. The van der Waals surface area contributed by atoms with E-state index in [1.165, 1.54) is 10.3 Å². The fourth-order valence-corrected chi connectivity index (χ4v) is 7.28. The lowest BCUT2D eigenvalue weighted by Crippen LogP contribution is -2.43. The number of anilines is 1. The molecule has 8 rings (SSSR count). The van der Waals surface area contributed by atoms with Gasteiger partial charge in [0.1, 0.15) is 5.69 Å². The molecular weight excluding hydrogens is 608 g/mol. The Hall–Kier alpha value is -5.36. The predicted octanol–water partition coefficient (Wildman–Crippen LogP) is 4.03. The maximum atomic E-state index is 14.0. The van der Waals surface area contributed by atoms with E-state index in [9.17, 15) is 14.4 Å². The van der Waals surface area contributed by atoms with Gasteiger partial charge >= 0.3 is 5.76 Å². The fourth-order valence-electron chi connectivity index (χ4n) is 7.28. The first-order chi connectivity index (χ1) is 23.3. The Balaban J connectivity index is 0.892. The number of hydrogen-bond donors (Lipinski definition) is 1. The van der Waals surface area contributed by atoms with Crippen LogP contribution in [0.25, 0.3) is 39.2 Å². The summed E-state index contributed by atoms with van der Waals surface area (Å²) >= 11 is 0. The van der Waals surface area contributed by atoms with Crippen molar-refractivity contribution in [1.82, 2.24) is 34.8 Å². The molecule has 5 aromatic rings. The van der Waals surface area contributed by atoms with E-state index in [1.54, 1.807) is 7.05 Å². The zero-order valence-corrected chi connectivity index (χ0v) is 27.0. The molecule has 48 heavy (non-hydrogen) atoms. The third-order valence-corrected chi connectivity index (χ3v) is 10.1. The van der Waals surface area contributed by atoms with Crippen molar-refractivity contribution in [2.45, 2.75) is 26.2 Å². The van der Waals surface area contributed by atoms with E-state index in [4.69, 9.17) is 4.42 Å². The number of likely N-dealkylation sites (tertiary alicyclic amines) is 1. The standard InChI is InChI=1S/C36H36N8O4/c1-23-3-4-27(20-37-23)32-29-19-28(9-10-30(29)38-39-32)44-18-14-36(34(44)46)13-17-42(22-36)21-31(45)43-15-11-25(12-16-43)24-5-7-26(8-6-24)33-40-41(2)35(47)48-33/h3-11,19-20H,12-18,21-22H2,1-2H3,(H,38,39)/t36-/m0/s1. The molecule has 1 spiro atoms. The zero-order valence-electron chi connectivity index (χ0n) is 27.0. The summed E-state index contributed by atoms with van der Waals surface area (Å²) in [5, 5.41) is 12.7. The quantitative estimate of drug-likeness (QED) is 0.293. The van der Waals surface area contributed by atoms with Crippen LogP contribution in [0.2, 0.25) is 0 Å². The molecule has 1 atom stereocenters. The van der Waals surface area contributed by atoms with Crippen molar-refractivity contribution in [1.29, 1.82) is 0 Å². The number of fused-ring (bicyclic) bond motifs is 1. The number of nitrogens with zero attached hydrogens (tertiary/aromatic N) is 7. The summed E-state index contributed by atoms with van der Waals surface area (Å²) in [6.45, 7) is 5.45. The molecule has 12 nitrogen and oxygen atoms in total. The Morgan fingerprint density at radius 3 is 2.50 bits per heavy atom. The van der Waals surface area contributed by atoms with Crippen LogP contribution in [-0.4, -0.2) is 85.8 Å². The summed E-state index contributed by atoms with van der Waals surface area (Å²) in [6, 6.07) is 17.8. The fraction of sp³-hybridized carbons (Fsp3) is 0.333. The van der Waals surface area contributed by atoms with Crippen LogP contribution < -0.4 is 10.7 Å². The van der Waals surface area contributed by atoms with E-state index in [2.05, 4.69) is 31.3 Å². The zero-order chi connectivity index (χ0) is 33.0. The van der Waals surface area contributed by atoms with Crippen LogP contribution in [0, 0.1) is 12.3 Å². The van der Waals surface area contributed by atoms with Gasteiger partial charge in [-0.05, 0) is 86.3 Å². The molecule has 0 unspecified atom stereocenters. The van der Waals surface area contributed by atoms with Gasteiger partial charge in [0.15, 0.2) is 0 Å². The van der Waals surface area contributed by atoms with E-state index in [0.717, 1.165) is 70.5 Å². The molecule has 2 aromatic carbocycles. The number of carbonyl (C=O) groups excluding carboxylic acids is 2. The molecule has 1 N–H and O–H groups in total. The molecule has 0 radical (unpaired) electrons. The smallest absolute Gasteiger partial charge is 0.388 e. The number of amides is 2. The van der Waals surface area contributed by atoms with Gasteiger partial charge in [-0.25, -0.2) is 4.79 Å². The van der Waals surface area contributed by atoms with E-state index in [1.807, 2.05) is 77.5 Å². The van der Waals surface area contributed by atoms with Crippen LogP contribution in [0.15, 0.2) is 76.1 Å². The number of aryl methyl sites for hydroxylation is 2. The van der Waals surface area contributed by atoms with Crippen LogP contribution in [0.4, 0.5) is 5.69 Å². The van der Waals surface area contributed by atoms with Crippen LogP contribution >= 0.6 is 0 Å². The molecule has 3 aromatic heterocycles. The van der Waals surface area contributed by atoms with Crippen LogP contribution in [0.3, 0.4) is 0 Å². The Labute approximate surface area is 276 Å². The van der Waals surface area contributed by atoms with E-state index in [-0.39, 0.29) is 11.8 Å². The first kappa shape index (κ1) is 30.0. The minimum absolute atomic E-state index is 0.0914. The first-order valence-corrected chi connectivity index (χ1v) is 16.3. The van der Waals surface area contributed by atoms with Gasteiger partial charge in [0.2, 0.25) is 17.7 Å². The second kappa shape index (κ2) is 11.7. The van der Waals surface area contributed by atoms with E-state index >= 15 is 0 Å². The van der Waals surface area contributed by atoms with Gasteiger partial charge in [-0.3, -0.25) is 24.6 Å². The monoisotopic (exact) mass is 644 g/mol.